The molecule has 0 atom stereocenters. The van der Waals surface area contributed by atoms with Crippen LogP contribution in [0.25, 0.3) is 5.82 Å². The third-order valence-corrected chi connectivity index (χ3v) is 5.41. The van der Waals surface area contributed by atoms with E-state index in [1.54, 1.807) is 4.68 Å². The first kappa shape index (κ1) is 21.2. The van der Waals surface area contributed by atoms with Crippen LogP contribution >= 0.6 is 0 Å². The minimum atomic E-state index is -0.0443. The summed E-state index contributed by atoms with van der Waals surface area (Å²) in [4.78, 5) is 12.3. The largest absolute Gasteiger partial charge is 0.339 e. The molecule has 4 aromatic rings. The number of nitrogens with zero attached hydrogens (tertiary/aromatic N) is 4. The van der Waals surface area contributed by atoms with Crippen molar-refractivity contribution in [2.75, 3.05) is 10.6 Å². The van der Waals surface area contributed by atoms with Crippen molar-refractivity contribution in [2.24, 2.45) is 0 Å². The van der Waals surface area contributed by atoms with Crippen LogP contribution in [0.5, 0.6) is 0 Å². The molecule has 32 heavy (non-hydrogen) atoms. The first-order valence-corrected chi connectivity index (χ1v) is 10.5. The summed E-state index contributed by atoms with van der Waals surface area (Å²) in [6.45, 7) is 8.07. The highest BCUT2D eigenvalue weighted by Crippen LogP contribution is 2.19. The third-order valence-electron chi connectivity index (χ3n) is 5.41. The maximum Gasteiger partial charge on any atom is 0.228 e. The Morgan fingerprint density at radius 3 is 2.28 bits per heavy atom. The van der Waals surface area contributed by atoms with Crippen molar-refractivity contribution in [3.05, 3.63) is 88.7 Å². The maximum absolute atomic E-state index is 12.3. The molecule has 2 N–H and O–H groups in total. The van der Waals surface area contributed by atoms with Gasteiger partial charge in [0.15, 0.2) is 11.6 Å². The van der Waals surface area contributed by atoms with Gasteiger partial charge >= 0.3 is 0 Å². The molecule has 0 aliphatic rings. The number of benzene rings is 2. The second kappa shape index (κ2) is 9.01. The molecule has 162 valence electrons. The minimum Gasteiger partial charge on any atom is -0.339 e. The van der Waals surface area contributed by atoms with E-state index in [4.69, 9.17) is 0 Å². The Kier molecular flexibility index (Phi) is 5.98. The summed E-state index contributed by atoms with van der Waals surface area (Å²) in [5.41, 5.74) is 6.93. The summed E-state index contributed by atoms with van der Waals surface area (Å²) in [5, 5.41) is 19.2. The zero-order chi connectivity index (χ0) is 22.7. The molecule has 0 unspecified atom stereocenters. The van der Waals surface area contributed by atoms with Crippen LogP contribution in [0.15, 0.2) is 60.7 Å². The Bertz CT molecular complexity index is 1240. The second-order valence-electron chi connectivity index (χ2n) is 7.90. The topological polar surface area (TPSA) is 84.7 Å². The fourth-order valence-electron chi connectivity index (χ4n) is 3.45. The van der Waals surface area contributed by atoms with Gasteiger partial charge in [0.1, 0.15) is 0 Å². The van der Waals surface area contributed by atoms with Crippen molar-refractivity contribution in [3.8, 4) is 5.82 Å². The molecular weight excluding hydrogens is 400 g/mol. The molecule has 0 aliphatic carbocycles. The van der Waals surface area contributed by atoms with Gasteiger partial charge in [-0.1, -0.05) is 29.8 Å². The fraction of sp³-hybridized carbons (Fsp3) is 0.200. The molecule has 0 saturated carbocycles. The number of anilines is 3. The van der Waals surface area contributed by atoms with E-state index in [1.165, 1.54) is 0 Å². The van der Waals surface area contributed by atoms with Gasteiger partial charge in [0, 0.05) is 17.1 Å². The Hall–Kier alpha value is -4.00. The summed E-state index contributed by atoms with van der Waals surface area (Å²) in [7, 11) is 0. The lowest BCUT2D eigenvalue weighted by Crippen LogP contribution is -2.14. The normalized spacial score (nSPS) is 10.8. The molecule has 0 radical (unpaired) electrons. The monoisotopic (exact) mass is 426 g/mol. The molecule has 4 rings (SSSR count). The van der Waals surface area contributed by atoms with Crippen molar-refractivity contribution < 1.29 is 4.79 Å². The summed E-state index contributed by atoms with van der Waals surface area (Å²) < 4.78 is 1.80. The van der Waals surface area contributed by atoms with Crippen molar-refractivity contribution in [1.82, 2.24) is 20.0 Å². The van der Waals surface area contributed by atoms with E-state index in [2.05, 4.69) is 25.9 Å². The van der Waals surface area contributed by atoms with E-state index in [1.807, 2.05) is 88.4 Å². The molecule has 1 amide bonds. The lowest BCUT2D eigenvalue weighted by Gasteiger charge is -2.09. The van der Waals surface area contributed by atoms with Gasteiger partial charge in [0.25, 0.3) is 0 Å². The van der Waals surface area contributed by atoms with Crippen molar-refractivity contribution in [2.45, 2.75) is 34.1 Å². The van der Waals surface area contributed by atoms with Gasteiger partial charge in [0.05, 0.1) is 12.1 Å². The van der Waals surface area contributed by atoms with Gasteiger partial charge in [0.2, 0.25) is 5.91 Å². The summed E-state index contributed by atoms with van der Waals surface area (Å²) in [6.07, 6.45) is 0.346. The quantitative estimate of drug-likeness (QED) is 0.462. The molecule has 7 nitrogen and oxygen atoms in total. The van der Waals surface area contributed by atoms with Crippen LogP contribution in [0, 0.1) is 27.7 Å². The summed E-state index contributed by atoms with van der Waals surface area (Å²) in [6, 6.07) is 19.2. The first-order chi connectivity index (χ1) is 15.4. The Morgan fingerprint density at radius 1 is 0.906 bits per heavy atom. The van der Waals surface area contributed by atoms with Gasteiger partial charge in [-0.2, -0.15) is 5.10 Å². The number of rotatable bonds is 6. The van der Waals surface area contributed by atoms with Gasteiger partial charge in [-0.3, -0.25) is 4.79 Å². The first-order valence-electron chi connectivity index (χ1n) is 10.5. The molecule has 0 bridgehead atoms. The molecule has 0 spiro atoms. The zero-order valence-electron chi connectivity index (χ0n) is 18.7. The van der Waals surface area contributed by atoms with Crippen LogP contribution in [0.4, 0.5) is 17.2 Å². The minimum absolute atomic E-state index is 0.0443. The smallest absolute Gasteiger partial charge is 0.228 e. The molecule has 2 aromatic heterocycles. The van der Waals surface area contributed by atoms with Gasteiger partial charge < -0.3 is 10.6 Å². The highest BCUT2D eigenvalue weighted by Gasteiger charge is 2.10. The number of carbonyl (C=O) groups is 1. The lowest BCUT2D eigenvalue weighted by atomic mass is 10.1. The molecule has 0 aliphatic heterocycles. The van der Waals surface area contributed by atoms with E-state index in [0.29, 0.717) is 18.1 Å². The average molecular weight is 427 g/mol. The summed E-state index contributed by atoms with van der Waals surface area (Å²) in [5.74, 6) is 1.26. The molecule has 2 aromatic carbocycles. The van der Waals surface area contributed by atoms with E-state index in [9.17, 15) is 4.79 Å². The standard InChI is InChI=1S/C25H26N6O/c1-16-6-5-7-20(14-16)15-25(32)27-22-10-8-21(9-11-22)26-23-12-13-24(29-28-23)31-19(4)17(2)18(3)30-31/h5-14H,15H2,1-4H3,(H,26,28)(H,27,32). The van der Waals surface area contributed by atoms with Crippen LogP contribution in [0.3, 0.4) is 0 Å². The zero-order valence-corrected chi connectivity index (χ0v) is 18.7. The Balaban J connectivity index is 1.37. The predicted molar refractivity (Wildman–Crippen MR) is 127 cm³/mol. The highest BCUT2D eigenvalue weighted by atomic mass is 16.1. The SMILES string of the molecule is Cc1cccc(CC(=O)Nc2ccc(Nc3ccc(-n4nc(C)c(C)c4C)nn3)cc2)c1. The van der Waals surface area contributed by atoms with Crippen molar-refractivity contribution in [3.63, 3.8) is 0 Å². The van der Waals surface area contributed by atoms with Crippen LogP contribution in [0.2, 0.25) is 0 Å². The van der Waals surface area contributed by atoms with Gasteiger partial charge in [-0.05, 0) is 75.2 Å². The van der Waals surface area contributed by atoms with E-state index >= 15 is 0 Å². The summed E-state index contributed by atoms with van der Waals surface area (Å²) >= 11 is 0. The molecule has 0 fully saturated rings. The number of aryl methyl sites for hydroxylation is 2. The van der Waals surface area contributed by atoms with Gasteiger partial charge in [-0.25, -0.2) is 4.68 Å². The predicted octanol–water partition coefficient (Wildman–Crippen LogP) is 4.82. The Labute approximate surface area is 187 Å². The Morgan fingerprint density at radius 2 is 1.66 bits per heavy atom. The van der Waals surface area contributed by atoms with Crippen LogP contribution < -0.4 is 10.6 Å². The number of hydrogen-bond donors (Lipinski definition) is 2. The van der Waals surface area contributed by atoms with Crippen molar-refractivity contribution >= 4 is 23.1 Å². The van der Waals surface area contributed by atoms with Crippen LogP contribution in [-0.2, 0) is 11.2 Å². The lowest BCUT2D eigenvalue weighted by molar-refractivity contribution is -0.115. The average Bonchev–Trinajstić information content (AvgIpc) is 3.03. The number of amides is 1. The van der Waals surface area contributed by atoms with Crippen LogP contribution in [-0.4, -0.2) is 25.9 Å². The van der Waals surface area contributed by atoms with Crippen LogP contribution in [0.1, 0.15) is 28.1 Å². The maximum atomic E-state index is 12.3. The molecular formula is C25H26N6O. The van der Waals surface area contributed by atoms with E-state index in [0.717, 1.165) is 39.5 Å². The van der Waals surface area contributed by atoms with E-state index in [-0.39, 0.29) is 5.91 Å². The number of nitrogens with one attached hydrogen (secondary N) is 2. The second-order valence-corrected chi connectivity index (χ2v) is 7.90. The van der Waals surface area contributed by atoms with Crippen molar-refractivity contribution in [1.29, 1.82) is 0 Å². The highest BCUT2D eigenvalue weighted by molar-refractivity contribution is 5.92. The number of aromatic nitrogens is 4. The molecule has 0 saturated heterocycles. The van der Waals surface area contributed by atoms with Gasteiger partial charge in [-0.15, -0.1) is 10.2 Å². The number of carbonyl (C=O) groups excluding carboxylic acids is 1. The third kappa shape index (κ3) is 4.83. The molecule has 7 heteroatoms. The number of hydrogen-bond acceptors (Lipinski definition) is 5. The van der Waals surface area contributed by atoms with E-state index < -0.39 is 0 Å². The fourth-order valence-corrected chi connectivity index (χ4v) is 3.45. The molecule has 2 heterocycles.